The third kappa shape index (κ3) is 3.34. The number of rotatable bonds is 5. The molecule has 0 saturated carbocycles. The molecule has 0 spiro atoms. The minimum atomic E-state index is -0.0344. The molecule has 90 valence electrons. The number of nitrogens with zero attached hydrogens (tertiary/aromatic N) is 1. The molecule has 1 aromatic heterocycles. The maximum absolute atomic E-state index is 11.6. The number of aliphatic hydroxyl groups is 1. The first-order valence-electron chi connectivity index (χ1n) is 5.42. The highest BCUT2D eigenvalue weighted by atomic mass is 16.3. The molecule has 0 aliphatic rings. The van der Waals surface area contributed by atoms with E-state index in [-0.39, 0.29) is 18.4 Å². The smallest absolute Gasteiger partial charge is 0.224 e. The molecule has 0 aromatic carbocycles. The van der Waals surface area contributed by atoms with Crippen molar-refractivity contribution in [2.75, 3.05) is 13.2 Å². The van der Waals surface area contributed by atoms with Crippen molar-refractivity contribution in [3.8, 4) is 0 Å². The van der Waals surface area contributed by atoms with Crippen LogP contribution in [-0.2, 0) is 11.2 Å². The zero-order chi connectivity index (χ0) is 12.1. The van der Waals surface area contributed by atoms with Crippen LogP contribution in [0.1, 0.15) is 23.9 Å². The van der Waals surface area contributed by atoms with Crippen molar-refractivity contribution < 1.29 is 9.90 Å². The van der Waals surface area contributed by atoms with Crippen LogP contribution in [-0.4, -0.2) is 34.4 Å². The maximum atomic E-state index is 11.6. The number of aromatic amines is 1. The number of aliphatic hydroxyl groups excluding tert-OH is 1. The number of carbonyl (C=O) groups excluding carboxylic acids is 1. The molecule has 16 heavy (non-hydrogen) atoms. The summed E-state index contributed by atoms with van der Waals surface area (Å²) < 4.78 is 0. The van der Waals surface area contributed by atoms with Gasteiger partial charge >= 0.3 is 0 Å². The van der Waals surface area contributed by atoms with Gasteiger partial charge in [0.15, 0.2) is 0 Å². The topological polar surface area (TPSA) is 78.0 Å². The molecule has 1 rings (SSSR count). The lowest BCUT2D eigenvalue weighted by Crippen LogP contribution is -2.30. The molecule has 0 fully saturated rings. The van der Waals surface area contributed by atoms with Crippen molar-refractivity contribution in [1.29, 1.82) is 0 Å². The Morgan fingerprint density at radius 3 is 2.75 bits per heavy atom. The zero-order valence-electron chi connectivity index (χ0n) is 10.0. The predicted octanol–water partition coefficient (Wildman–Crippen LogP) is 0.314. The lowest BCUT2D eigenvalue weighted by atomic mass is 10.1. The second kappa shape index (κ2) is 5.65. The lowest BCUT2D eigenvalue weighted by Gasteiger charge is -2.09. The van der Waals surface area contributed by atoms with E-state index in [9.17, 15) is 4.79 Å². The molecule has 1 amide bonds. The van der Waals surface area contributed by atoms with E-state index in [1.54, 1.807) is 0 Å². The molecule has 1 heterocycles. The van der Waals surface area contributed by atoms with Gasteiger partial charge in [-0.05, 0) is 19.8 Å². The number of amides is 1. The lowest BCUT2D eigenvalue weighted by molar-refractivity contribution is -0.120. The van der Waals surface area contributed by atoms with E-state index >= 15 is 0 Å². The average Bonchev–Trinajstić information content (AvgIpc) is 2.57. The van der Waals surface area contributed by atoms with Crippen molar-refractivity contribution in [1.82, 2.24) is 15.5 Å². The van der Waals surface area contributed by atoms with E-state index in [1.165, 1.54) is 0 Å². The zero-order valence-corrected chi connectivity index (χ0v) is 10.0. The number of aryl methyl sites for hydroxylation is 2. The molecule has 1 unspecified atom stereocenters. The van der Waals surface area contributed by atoms with E-state index in [1.807, 2.05) is 20.8 Å². The second-order valence-electron chi connectivity index (χ2n) is 4.18. The summed E-state index contributed by atoms with van der Waals surface area (Å²) in [5, 5.41) is 18.5. The van der Waals surface area contributed by atoms with Gasteiger partial charge in [-0.25, -0.2) is 0 Å². The van der Waals surface area contributed by atoms with Gasteiger partial charge in [0.25, 0.3) is 0 Å². The third-order valence-electron chi connectivity index (χ3n) is 2.58. The molecule has 0 saturated heterocycles. The number of carbonyl (C=O) groups is 1. The summed E-state index contributed by atoms with van der Waals surface area (Å²) in [6, 6.07) is 0. The molecule has 0 radical (unpaired) electrons. The quantitative estimate of drug-likeness (QED) is 0.675. The number of nitrogens with one attached hydrogen (secondary N) is 2. The van der Waals surface area contributed by atoms with Gasteiger partial charge < -0.3 is 10.4 Å². The summed E-state index contributed by atoms with van der Waals surface area (Å²) in [6.07, 6.45) is 0.340. The number of H-pyrrole nitrogens is 1. The fraction of sp³-hybridized carbons (Fsp3) is 0.636. The van der Waals surface area contributed by atoms with Crippen molar-refractivity contribution in [3.05, 3.63) is 17.0 Å². The number of aromatic nitrogens is 2. The molecule has 5 nitrogen and oxygen atoms in total. The van der Waals surface area contributed by atoms with E-state index in [0.717, 1.165) is 17.0 Å². The highest BCUT2D eigenvalue weighted by molar-refractivity contribution is 5.79. The Kier molecular flexibility index (Phi) is 4.49. The summed E-state index contributed by atoms with van der Waals surface area (Å²) in [4.78, 5) is 11.6. The summed E-state index contributed by atoms with van der Waals surface area (Å²) in [5.74, 6) is 0.0587. The molecule has 1 atom stereocenters. The second-order valence-corrected chi connectivity index (χ2v) is 4.18. The molecular formula is C11H19N3O2. The SMILES string of the molecule is Cc1n[nH]c(C)c1CC(=O)NCC(C)CO. The van der Waals surface area contributed by atoms with Gasteiger partial charge in [-0.2, -0.15) is 5.10 Å². The monoisotopic (exact) mass is 225 g/mol. The Labute approximate surface area is 95.3 Å². The Bertz CT molecular complexity index is 341. The minimum absolute atomic E-state index is 0.0344. The van der Waals surface area contributed by atoms with Crippen LogP contribution in [0.5, 0.6) is 0 Å². The van der Waals surface area contributed by atoms with Crippen LogP contribution in [0.15, 0.2) is 0 Å². The van der Waals surface area contributed by atoms with Crippen LogP contribution in [0.3, 0.4) is 0 Å². The first kappa shape index (κ1) is 12.7. The van der Waals surface area contributed by atoms with Crippen LogP contribution < -0.4 is 5.32 Å². The van der Waals surface area contributed by atoms with Crippen molar-refractivity contribution in [3.63, 3.8) is 0 Å². The van der Waals surface area contributed by atoms with Crippen LogP contribution in [0.4, 0.5) is 0 Å². The van der Waals surface area contributed by atoms with Crippen LogP contribution in [0.2, 0.25) is 0 Å². The van der Waals surface area contributed by atoms with Gasteiger partial charge in [0.2, 0.25) is 5.91 Å². The van der Waals surface area contributed by atoms with E-state index in [0.29, 0.717) is 13.0 Å². The fourth-order valence-corrected chi connectivity index (χ4v) is 1.41. The average molecular weight is 225 g/mol. The van der Waals surface area contributed by atoms with Gasteiger partial charge in [-0.1, -0.05) is 6.92 Å². The Balaban J connectivity index is 2.46. The summed E-state index contributed by atoms with van der Waals surface area (Å²) in [5.41, 5.74) is 2.75. The molecular weight excluding hydrogens is 206 g/mol. The van der Waals surface area contributed by atoms with Crippen molar-refractivity contribution in [2.24, 2.45) is 5.92 Å². The Morgan fingerprint density at radius 1 is 1.56 bits per heavy atom. The third-order valence-corrected chi connectivity index (χ3v) is 2.58. The molecule has 5 heteroatoms. The van der Waals surface area contributed by atoms with Crippen molar-refractivity contribution >= 4 is 5.91 Å². The first-order valence-corrected chi connectivity index (χ1v) is 5.42. The standard InChI is InChI=1S/C11H19N3O2/c1-7(6-15)5-12-11(16)4-10-8(2)13-14-9(10)3/h7,15H,4-6H2,1-3H3,(H,12,16)(H,13,14). The van der Waals surface area contributed by atoms with E-state index in [4.69, 9.17) is 5.11 Å². The van der Waals surface area contributed by atoms with Crippen molar-refractivity contribution in [2.45, 2.75) is 27.2 Å². The Morgan fingerprint density at radius 2 is 2.25 bits per heavy atom. The van der Waals surface area contributed by atoms with Crippen LogP contribution in [0.25, 0.3) is 0 Å². The fourth-order valence-electron chi connectivity index (χ4n) is 1.41. The normalized spacial score (nSPS) is 12.5. The van der Waals surface area contributed by atoms with Gasteiger partial charge in [0, 0.05) is 24.4 Å². The molecule has 0 aliphatic heterocycles. The summed E-state index contributed by atoms with van der Waals surface area (Å²) in [7, 11) is 0. The summed E-state index contributed by atoms with van der Waals surface area (Å²) >= 11 is 0. The minimum Gasteiger partial charge on any atom is -0.396 e. The van der Waals surface area contributed by atoms with Gasteiger partial charge in [-0.15, -0.1) is 0 Å². The van der Waals surface area contributed by atoms with Gasteiger partial charge in [0.05, 0.1) is 12.1 Å². The van der Waals surface area contributed by atoms with E-state index in [2.05, 4.69) is 15.5 Å². The van der Waals surface area contributed by atoms with Crippen LogP contribution in [0, 0.1) is 19.8 Å². The Hall–Kier alpha value is -1.36. The highest BCUT2D eigenvalue weighted by Gasteiger charge is 2.11. The predicted molar refractivity (Wildman–Crippen MR) is 61.0 cm³/mol. The molecule has 0 aliphatic carbocycles. The molecule has 1 aromatic rings. The summed E-state index contributed by atoms with van der Waals surface area (Å²) in [6.45, 7) is 6.26. The van der Waals surface area contributed by atoms with Gasteiger partial charge in [0.1, 0.15) is 0 Å². The highest BCUT2D eigenvalue weighted by Crippen LogP contribution is 2.09. The molecule has 3 N–H and O–H groups in total. The number of hydrogen-bond acceptors (Lipinski definition) is 3. The van der Waals surface area contributed by atoms with E-state index < -0.39 is 0 Å². The van der Waals surface area contributed by atoms with Gasteiger partial charge in [-0.3, -0.25) is 9.89 Å². The largest absolute Gasteiger partial charge is 0.396 e. The molecule has 0 bridgehead atoms. The maximum Gasteiger partial charge on any atom is 0.224 e. The van der Waals surface area contributed by atoms with Crippen LogP contribution >= 0.6 is 0 Å². The number of hydrogen-bond donors (Lipinski definition) is 3. The first-order chi connectivity index (χ1) is 7.54.